The minimum Gasteiger partial charge on any atom is -0.395 e. The summed E-state index contributed by atoms with van der Waals surface area (Å²) in [6.07, 6.45) is 1.97. The van der Waals surface area contributed by atoms with Crippen molar-refractivity contribution in [2.24, 2.45) is 17.3 Å². The molecule has 0 fully saturated rings. The summed E-state index contributed by atoms with van der Waals surface area (Å²) in [7, 11) is 1.94. The molecule has 128 valence electrons. The molecular weight excluding hydrogens is 304 g/mol. The quantitative estimate of drug-likeness (QED) is 0.574. The van der Waals surface area contributed by atoms with Gasteiger partial charge in [-0.05, 0) is 36.2 Å². The van der Waals surface area contributed by atoms with Gasteiger partial charge in [-0.2, -0.15) is 0 Å². The summed E-state index contributed by atoms with van der Waals surface area (Å²) < 4.78 is 1.93. The standard InChI is InChI=1S/C18H25N4O2/c1-15-7-8-21(2)18(13-15)20-19-14-16-3-5-17(6-4-16)22(9-11-23)10-12-24/h3-8,13,23-24H,9-12,14H2,1-2H3/q+1. The van der Waals surface area contributed by atoms with Crippen LogP contribution in [0, 0.1) is 6.92 Å². The zero-order chi connectivity index (χ0) is 17.4. The summed E-state index contributed by atoms with van der Waals surface area (Å²) in [6.45, 7) is 3.66. The van der Waals surface area contributed by atoms with Crippen molar-refractivity contribution in [2.45, 2.75) is 13.5 Å². The Morgan fingerprint density at radius 3 is 2.33 bits per heavy atom. The average Bonchev–Trinajstić information content (AvgIpc) is 2.58. The number of hydrogen-bond donors (Lipinski definition) is 2. The van der Waals surface area contributed by atoms with Gasteiger partial charge in [0, 0.05) is 24.8 Å². The maximum absolute atomic E-state index is 9.09. The number of aromatic nitrogens is 1. The van der Waals surface area contributed by atoms with Crippen LogP contribution in [0.2, 0.25) is 0 Å². The number of aliphatic hydroxyl groups excluding tert-OH is 2. The number of pyridine rings is 1. The minimum absolute atomic E-state index is 0.0590. The van der Waals surface area contributed by atoms with E-state index in [1.54, 1.807) is 0 Å². The van der Waals surface area contributed by atoms with E-state index in [9.17, 15) is 0 Å². The van der Waals surface area contributed by atoms with E-state index in [0.29, 0.717) is 19.6 Å². The van der Waals surface area contributed by atoms with Gasteiger partial charge in [-0.1, -0.05) is 17.2 Å². The zero-order valence-corrected chi connectivity index (χ0v) is 14.3. The summed E-state index contributed by atoms with van der Waals surface area (Å²) in [6, 6.07) is 12.0. The molecule has 0 atom stereocenters. The molecule has 6 heteroatoms. The molecule has 0 saturated carbocycles. The maximum Gasteiger partial charge on any atom is 0.350 e. The second kappa shape index (κ2) is 9.10. The Labute approximate surface area is 142 Å². The van der Waals surface area contributed by atoms with E-state index in [4.69, 9.17) is 10.2 Å². The molecule has 0 aliphatic carbocycles. The number of hydrogen-bond acceptors (Lipinski definition) is 5. The van der Waals surface area contributed by atoms with Crippen molar-refractivity contribution in [2.75, 3.05) is 31.2 Å². The number of benzene rings is 1. The highest BCUT2D eigenvalue weighted by Crippen LogP contribution is 2.16. The Morgan fingerprint density at radius 1 is 1.04 bits per heavy atom. The minimum atomic E-state index is 0.0590. The van der Waals surface area contributed by atoms with Crippen LogP contribution in [0.1, 0.15) is 11.1 Å². The van der Waals surface area contributed by atoms with Crippen LogP contribution in [-0.4, -0.2) is 36.5 Å². The van der Waals surface area contributed by atoms with Gasteiger partial charge in [0.05, 0.1) is 31.6 Å². The summed E-state index contributed by atoms with van der Waals surface area (Å²) in [5, 5.41) is 26.7. The first-order valence-electron chi connectivity index (χ1n) is 8.03. The zero-order valence-electron chi connectivity index (χ0n) is 14.3. The summed E-state index contributed by atoms with van der Waals surface area (Å²) in [5.74, 6) is 0.823. The first-order chi connectivity index (χ1) is 11.6. The fraction of sp³-hybridized carbons (Fsp3) is 0.389. The molecule has 0 aliphatic heterocycles. The van der Waals surface area contributed by atoms with Gasteiger partial charge < -0.3 is 15.1 Å². The SMILES string of the molecule is Cc1cc[n+](C)c(N=NCc2ccc(N(CCO)CCO)cc2)c1. The van der Waals surface area contributed by atoms with Crippen molar-refractivity contribution in [3.05, 3.63) is 53.7 Å². The summed E-state index contributed by atoms with van der Waals surface area (Å²) >= 11 is 0. The van der Waals surface area contributed by atoms with Gasteiger partial charge in [-0.25, -0.2) is 4.57 Å². The normalized spacial score (nSPS) is 11.2. The van der Waals surface area contributed by atoms with E-state index >= 15 is 0 Å². The lowest BCUT2D eigenvalue weighted by Gasteiger charge is -2.22. The van der Waals surface area contributed by atoms with Crippen LogP contribution in [0.5, 0.6) is 0 Å². The van der Waals surface area contributed by atoms with Gasteiger partial charge in [-0.3, -0.25) is 0 Å². The number of aryl methyl sites for hydroxylation is 2. The molecule has 2 aromatic rings. The van der Waals surface area contributed by atoms with Crippen molar-refractivity contribution in [1.29, 1.82) is 0 Å². The highest BCUT2D eigenvalue weighted by atomic mass is 16.3. The molecule has 0 unspecified atom stereocenters. The van der Waals surface area contributed by atoms with Gasteiger partial charge in [-0.15, -0.1) is 0 Å². The Morgan fingerprint density at radius 2 is 1.71 bits per heavy atom. The molecule has 0 amide bonds. The van der Waals surface area contributed by atoms with Crippen molar-refractivity contribution >= 4 is 11.5 Å². The molecule has 1 aromatic carbocycles. The van der Waals surface area contributed by atoms with Gasteiger partial charge in [0.25, 0.3) is 0 Å². The maximum atomic E-state index is 9.09. The predicted octanol–water partition coefficient (Wildman–Crippen LogP) is 1.89. The number of anilines is 1. The molecule has 2 N–H and O–H groups in total. The van der Waals surface area contributed by atoms with Crippen LogP contribution in [0.25, 0.3) is 0 Å². The topological polar surface area (TPSA) is 72.3 Å². The monoisotopic (exact) mass is 329 g/mol. The number of aliphatic hydroxyl groups is 2. The van der Waals surface area contributed by atoms with Crippen molar-refractivity contribution in [3.8, 4) is 0 Å². The lowest BCUT2D eigenvalue weighted by molar-refractivity contribution is -0.658. The largest absolute Gasteiger partial charge is 0.395 e. The average molecular weight is 329 g/mol. The molecule has 0 saturated heterocycles. The summed E-state index contributed by atoms with van der Waals surface area (Å²) in [4.78, 5) is 1.94. The molecule has 0 bridgehead atoms. The van der Waals surface area contributed by atoms with Gasteiger partial charge in [0.15, 0.2) is 0 Å². The Kier molecular flexibility index (Phi) is 6.84. The second-order valence-electron chi connectivity index (χ2n) is 5.67. The third-order valence-corrected chi connectivity index (χ3v) is 3.75. The van der Waals surface area contributed by atoms with Gasteiger partial charge in [0.2, 0.25) is 0 Å². The fourth-order valence-electron chi connectivity index (χ4n) is 2.37. The van der Waals surface area contributed by atoms with Crippen molar-refractivity contribution < 1.29 is 14.8 Å². The Bertz CT molecular complexity index is 665. The van der Waals surface area contributed by atoms with Crippen LogP contribution in [0.15, 0.2) is 52.8 Å². The molecule has 1 aromatic heterocycles. The molecule has 0 radical (unpaired) electrons. The van der Waals surface area contributed by atoms with E-state index in [2.05, 4.69) is 10.2 Å². The molecular formula is C18H25N4O2+. The highest BCUT2D eigenvalue weighted by molar-refractivity contribution is 5.47. The van der Waals surface area contributed by atoms with E-state index < -0.39 is 0 Å². The Balaban J connectivity index is 2.00. The highest BCUT2D eigenvalue weighted by Gasteiger charge is 2.07. The second-order valence-corrected chi connectivity index (χ2v) is 5.67. The van der Waals surface area contributed by atoms with Crippen LogP contribution in [-0.2, 0) is 13.6 Å². The lowest BCUT2D eigenvalue weighted by Crippen LogP contribution is -2.29. The Hall–Kier alpha value is -2.31. The summed E-state index contributed by atoms with van der Waals surface area (Å²) in [5.41, 5.74) is 3.19. The molecule has 1 heterocycles. The number of azo groups is 1. The first-order valence-corrected chi connectivity index (χ1v) is 8.03. The number of rotatable bonds is 8. The predicted molar refractivity (Wildman–Crippen MR) is 93.4 cm³/mol. The number of nitrogens with zero attached hydrogens (tertiary/aromatic N) is 4. The van der Waals surface area contributed by atoms with Crippen molar-refractivity contribution in [1.82, 2.24) is 0 Å². The van der Waals surface area contributed by atoms with Crippen LogP contribution in [0.4, 0.5) is 11.5 Å². The van der Waals surface area contributed by atoms with E-state index in [1.807, 2.05) is 66.0 Å². The van der Waals surface area contributed by atoms with Crippen LogP contribution in [0.3, 0.4) is 0 Å². The third kappa shape index (κ3) is 5.11. The van der Waals surface area contributed by atoms with Crippen LogP contribution < -0.4 is 9.47 Å². The first kappa shape index (κ1) is 18.0. The fourth-order valence-corrected chi connectivity index (χ4v) is 2.37. The van der Waals surface area contributed by atoms with E-state index in [0.717, 1.165) is 22.6 Å². The molecule has 0 aliphatic rings. The third-order valence-electron chi connectivity index (χ3n) is 3.75. The van der Waals surface area contributed by atoms with E-state index in [1.165, 1.54) is 0 Å². The van der Waals surface area contributed by atoms with Gasteiger partial charge >= 0.3 is 5.82 Å². The van der Waals surface area contributed by atoms with E-state index in [-0.39, 0.29) is 13.2 Å². The van der Waals surface area contributed by atoms with Crippen molar-refractivity contribution in [3.63, 3.8) is 0 Å². The molecule has 2 rings (SSSR count). The lowest BCUT2D eigenvalue weighted by atomic mass is 10.2. The smallest absolute Gasteiger partial charge is 0.350 e. The van der Waals surface area contributed by atoms with Crippen LogP contribution >= 0.6 is 0 Å². The molecule has 6 nitrogen and oxygen atoms in total. The molecule has 0 spiro atoms. The van der Waals surface area contributed by atoms with Gasteiger partial charge in [0.1, 0.15) is 6.54 Å². The molecule has 24 heavy (non-hydrogen) atoms.